The number of hydrogen-bond acceptors (Lipinski definition) is 2. The highest BCUT2D eigenvalue weighted by atomic mass is 19.4. The zero-order valence-electron chi connectivity index (χ0n) is 12.2. The molecular formula is C15H21F3N2O. The van der Waals surface area contributed by atoms with E-state index in [9.17, 15) is 18.0 Å². The summed E-state index contributed by atoms with van der Waals surface area (Å²) in [4.78, 5) is 13.2. The van der Waals surface area contributed by atoms with Crippen molar-refractivity contribution in [3.05, 3.63) is 35.9 Å². The third-order valence-electron chi connectivity index (χ3n) is 3.44. The second-order valence-electron chi connectivity index (χ2n) is 4.94. The Morgan fingerprint density at radius 2 is 1.71 bits per heavy atom. The van der Waals surface area contributed by atoms with E-state index in [1.165, 1.54) is 0 Å². The van der Waals surface area contributed by atoms with Crippen LogP contribution in [-0.4, -0.2) is 29.6 Å². The standard InChI is InChI=1S/C15H21F3N2O/c1-3-12(4-2)20(10-15(16,17)18)14(21)13(19)11-8-6-5-7-9-11/h5-9,12-13H,3-4,10,19H2,1-2H3/t13-/m0/s1. The molecule has 0 unspecified atom stereocenters. The Bertz CT molecular complexity index is 444. The predicted molar refractivity (Wildman–Crippen MR) is 75.5 cm³/mol. The van der Waals surface area contributed by atoms with Crippen molar-refractivity contribution >= 4 is 5.91 Å². The predicted octanol–water partition coefficient (Wildman–Crippen LogP) is 3.27. The Balaban J connectivity index is 2.99. The van der Waals surface area contributed by atoms with Crippen molar-refractivity contribution in [1.29, 1.82) is 0 Å². The maximum atomic E-state index is 12.7. The molecule has 0 aliphatic rings. The van der Waals surface area contributed by atoms with Crippen LogP contribution >= 0.6 is 0 Å². The van der Waals surface area contributed by atoms with Crippen molar-refractivity contribution in [2.45, 2.75) is 44.9 Å². The molecule has 1 amide bonds. The van der Waals surface area contributed by atoms with Gasteiger partial charge in [-0.05, 0) is 18.4 Å². The van der Waals surface area contributed by atoms with E-state index in [-0.39, 0.29) is 0 Å². The molecule has 1 aromatic carbocycles. The molecule has 0 bridgehead atoms. The van der Waals surface area contributed by atoms with Gasteiger partial charge in [-0.3, -0.25) is 4.79 Å². The van der Waals surface area contributed by atoms with Crippen LogP contribution in [0.5, 0.6) is 0 Å². The molecule has 0 radical (unpaired) electrons. The highest BCUT2D eigenvalue weighted by molar-refractivity contribution is 5.83. The first-order valence-corrected chi connectivity index (χ1v) is 6.97. The summed E-state index contributed by atoms with van der Waals surface area (Å²) in [6.07, 6.45) is -3.52. The van der Waals surface area contributed by atoms with Crippen LogP contribution in [0.1, 0.15) is 38.3 Å². The average molecular weight is 302 g/mol. The van der Waals surface area contributed by atoms with Gasteiger partial charge in [0.2, 0.25) is 5.91 Å². The van der Waals surface area contributed by atoms with Crippen LogP contribution in [0.25, 0.3) is 0 Å². The van der Waals surface area contributed by atoms with Gasteiger partial charge in [0.25, 0.3) is 0 Å². The fourth-order valence-electron chi connectivity index (χ4n) is 2.29. The minimum absolute atomic E-state index is 0.458. The van der Waals surface area contributed by atoms with E-state index >= 15 is 0 Å². The van der Waals surface area contributed by atoms with E-state index in [4.69, 9.17) is 5.73 Å². The molecule has 0 fully saturated rings. The van der Waals surface area contributed by atoms with Crippen molar-refractivity contribution in [3.63, 3.8) is 0 Å². The van der Waals surface area contributed by atoms with Crippen molar-refractivity contribution in [2.24, 2.45) is 5.73 Å². The summed E-state index contributed by atoms with van der Waals surface area (Å²) < 4.78 is 38.2. The van der Waals surface area contributed by atoms with Gasteiger partial charge in [0.05, 0.1) is 0 Å². The number of rotatable bonds is 6. The van der Waals surface area contributed by atoms with Crippen LogP contribution in [0.15, 0.2) is 30.3 Å². The van der Waals surface area contributed by atoms with Crippen molar-refractivity contribution in [3.8, 4) is 0 Å². The Labute approximate surface area is 122 Å². The van der Waals surface area contributed by atoms with Crippen molar-refractivity contribution in [2.75, 3.05) is 6.54 Å². The van der Waals surface area contributed by atoms with Crippen molar-refractivity contribution < 1.29 is 18.0 Å². The normalized spacial score (nSPS) is 13.3. The number of amides is 1. The summed E-state index contributed by atoms with van der Waals surface area (Å²) in [6.45, 7) is 2.26. The first kappa shape index (κ1) is 17.5. The molecule has 118 valence electrons. The van der Waals surface area contributed by atoms with Crippen LogP contribution in [0.4, 0.5) is 13.2 Å². The summed E-state index contributed by atoms with van der Waals surface area (Å²) in [5.41, 5.74) is 6.36. The number of halogens is 3. The smallest absolute Gasteiger partial charge is 0.329 e. The molecule has 0 aromatic heterocycles. The van der Waals surface area contributed by atoms with Crippen LogP contribution in [0, 0.1) is 0 Å². The van der Waals surface area contributed by atoms with Gasteiger partial charge in [0.15, 0.2) is 0 Å². The largest absolute Gasteiger partial charge is 0.406 e. The Hall–Kier alpha value is -1.56. The zero-order valence-corrected chi connectivity index (χ0v) is 12.2. The monoisotopic (exact) mass is 302 g/mol. The van der Waals surface area contributed by atoms with Crippen LogP contribution in [0.2, 0.25) is 0 Å². The fourth-order valence-corrected chi connectivity index (χ4v) is 2.29. The summed E-state index contributed by atoms with van der Waals surface area (Å²) >= 11 is 0. The van der Waals surface area contributed by atoms with Gasteiger partial charge in [-0.2, -0.15) is 13.2 Å². The quantitative estimate of drug-likeness (QED) is 0.876. The summed E-state index contributed by atoms with van der Waals surface area (Å²) in [6, 6.07) is 6.90. The molecule has 0 aliphatic carbocycles. The molecule has 0 saturated heterocycles. The molecule has 1 rings (SSSR count). The van der Waals surface area contributed by atoms with E-state index in [0.29, 0.717) is 18.4 Å². The summed E-state index contributed by atoms with van der Waals surface area (Å²) in [5, 5.41) is 0. The zero-order chi connectivity index (χ0) is 16.0. The molecule has 0 saturated carbocycles. The summed E-state index contributed by atoms with van der Waals surface area (Å²) in [5.74, 6) is -0.688. The van der Waals surface area contributed by atoms with Crippen LogP contribution in [-0.2, 0) is 4.79 Å². The minimum atomic E-state index is -4.44. The van der Waals surface area contributed by atoms with Crippen molar-refractivity contribution in [1.82, 2.24) is 4.90 Å². The van der Waals surface area contributed by atoms with Gasteiger partial charge in [-0.25, -0.2) is 0 Å². The number of nitrogens with zero attached hydrogens (tertiary/aromatic N) is 1. The molecule has 6 heteroatoms. The van der Waals surface area contributed by atoms with Gasteiger partial charge < -0.3 is 10.6 Å². The molecule has 1 aromatic rings. The number of benzene rings is 1. The van der Waals surface area contributed by atoms with Crippen LogP contribution in [0.3, 0.4) is 0 Å². The molecule has 2 N–H and O–H groups in total. The average Bonchev–Trinajstić information content (AvgIpc) is 2.45. The second kappa shape index (κ2) is 7.45. The maximum absolute atomic E-state index is 12.7. The first-order valence-electron chi connectivity index (χ1n) is 6.97. The topological polar surface area (TPSA) is 46.3 Å². The Morgan fingerprint density at radius 1 is 1.19 bits per heavy atom. The number of carbonyl (C=O) groups excluding carboxylic acids is 1. The van der Waals surface area contributed by atoms with E-state index < -0.39 is 30.7 Å². The molecule has 0 aliphatic heterocycles. The lowest BCUT2D eigenvalue weighted by molar-refractivity contribution is -0.167. The van der Waals surface area contributed by atoms with Gasteiger partial charge in [-0.15, -0.1) is 0 Å². The maximum Gasteiger partial charge on any atom is 0.406 e. The molecule has 0 spiro atoms. The van der Waals surface area contributed by atoms with E-state index in [1.807, 2.05) is 0 Å². The molecule has 1 atom stereocenters. The van der Waals surface area contributed by atoms with Gasteiger partial charge in [0.1, 0.15) is 12.6 Å². The lowest BCUT2D eigenvalue weighted by Gasteiger charge is -2.33. The SMILES string of the molecule is CCC(CC)N(CC(F)(F)F)C(=O)[C@@H](N)c1ccccc1. The van der Waals surface area contributed by atoms with E-state index in [0.717, 1.165) is 4.90 Å². The number of alkyl halides is 3. The van der Waals surface area contributed by atoms with Gasteiger partial charge in [0, 0.05) is 6.04 Å². The Morgan fingerprint density at radius 3 is 2.14 bits per heavy atom. The molecular weight excluding hydrogens is 281 g/mol. The molecule has 0 heterocycles. The summed E-state index contributed by atoms with van der Waals surface area (Å²) in [7, 11) is 0. The molecule has 21 heavy (non-hydrogen) atoms. The second-order valence-corrected chi connectivity index (χ2v) is 4.94. The lowest BCUT2D eigenvalue weighted by Crippen LogP contribution is -2.48. The molecule has 3 nitrogen and oxygen atoms in total. The van der Waals surface area contributed by atoms with Gasteiger partial charge in [-0.1, -0.05) is 44.2 Å². The minimum Gasteiger partial charge on any atom is -0.329 e. The third kappa shape index (κ3) is 5.04. The van der Waals surface area contributed by atoms with E-state index in [1.54, 1.807) is 44.2 Å². The number of hydrogen-bond donors (Lipinski definition) is 1. The first-order chi connectivity index (χ1) is 9.80. The number of nitrogens with two attached hydrogens (primary N) is 1. The highest BCUT2D eigenvalue weighted by Gasteiger charge is 2.37. The Kier molecular flexibility index (Phi) is 6.20. The highest BCUT2D eigenvalue weighted by Crippen LogP contribution is 2.23. The lowest BCUT2D eigenvalue weighted by atomic mass is 10.0. The fraction of sp³-hybridized carbons (Fsp3) is 0.533. The number of carbonyl (C=O) groups is 1. The van der Waals surface area contributed by atoms with Crippen LogP contribution < -0.4 is 5.73 Å². The van der Waals surface area contributed by atoms with Gasteiger partial charge >= 0.3 is 6.18 Å². The van der Waals surface area contributed by atoms with E-state index in [2.05, 4.69) is 0 Å². The third-order valence-corrected chi connectivity index (χ3v) is 3.44.